The number of carbonyl (C=O) groups is 1. The van der Waals surface area contributed by atoms with Gasteiger partial charge in [-0.1, -0.05) is 29.8 Å². The number of primary sulfonamides is 1. The molecule has 0 bridgehead atoms. The van der Waals surface area contributed by atoms with Gasteiger partial charge < -0.3 is 14.8 Å². The van der Waals surface area contributed by atoms with Crippen LogP contribution in [0.2, 0.25) is 5.02 Å². The lowest BCUT2D eigenvalue weighted by molar-refractivity contribution is -0.115. The molecule has 0 spiro atoms. The standard InChI is InChI=1S/C20H23ClN2O5S/c21-17-6-2-1-5-15(17)10-20(24)23-16-7-8-18(19(11-16)29(22,25)26)28-13-14-4-3-9-27-12-14/h1-2,5-8,11,14H,3-4,9-10,12-13H2,(H,23,24)(H2,22,25,26). The maximum Gasteiger partial charge on any atom is 0.241 e. The zero-order valence-electron chi connectivity index (χ0n) is 15.8. The molecule has 1 amide bonds. The van der Waals surface area contributed by atoms with E-state index in [-0.39, 0.29) is 28.9 Å². The predicted molar refractivity (Wildman–Crippen MR) is 111 cm³/mol. The van der Waals surface area contributed by atoms with Crippen LogP contribution in [-0.4, -0.2) is 34.1 Å². The molecule has 0 aromatic heterocycles. The van der Waals surface area contributed by atoms with Crippen molar-refractivity contribution in [2.45, 2.75) is 24.2 Å². The molecule has 1 saturated heterocycles. The van der Waals surface area contributed by atoms with Crippen LogP contribution >= 0.6 is 11.6 Å². The van der Waals surface area contributed by atoms with E-state index in [1.807, 2.05) is 0 Å². The summed E-state index contributed by atoms with van der Waals surface area (Å²) in [5.74, 6) is 0.0285. The molecule has 1 atom stereocenters. The second kappa shape index (κ2) is 9.58. The van der Waals surface area contributed by atoms with Gasteiger partial charge in [0, 0.05) is 23.2 Å². The van der Waals surface area contributed by atoms with Crippen LogP contribution in [0, 0.1) is 5.92 Å². The van der Waals surface area contributed by atoms with Gasteiger partial charge in [-0.25, -0.2) is 13.6 Å². The molecular weight excluding hydrogens is 416 g/mol. The minimum Gasteiger partial charge on any atom is -0.492 e. The molecule has 0 saturated carbocycles. The lowest BCUT2D eigenvalue weighted by Gasteiger charge is -2.22. The summed E-state index contributed by atoms with van der Waals surface area (Å²) in [5.41, 5.74) is 0.979. The molecule has 3 N–H and O–H groups in total. The van der Waals surface area contributed by atoms with E-state index in [1.165, 1.54) is 12.1 Å². The number of rotatable bonds is 7. The van der Waals surface area contributed by atoms with Crippen molar-refractivity contribution in [1.29, 1.82) is 0 Å². The highest BCUT2D eigenvalue weighted by Gasteiger charge is 2.20. The lowest BCUT2D eigenvalue weighted by atomic mass is 10.0. The van der Waals surface area contributed by atoms with E-state index in [4.69, 9.17) is 26.2 Å². The molecule has 156 valence electrons. The van der Waals surface area contributed by atoms with Crippen LogP contribution in [-0.2, 0) is 26.0 Å². The quantitative estimate of drug-likeness (QED) is 0.690. The Kier molecular flexibility index (Phi) is 7.13. The van der Waals surface area contributed by atoms with E-state index in [1.54, 1.807) is 30.3 Å². The van der Waals surface area contributed by atoms with E-state index in [0.717, 1.165) is 19.4 Å². The topological polar surface area (TPSA) is 108 Å². The maximum atomic E-state index is 12.3. The van der Waals surface area contributed by atoms with Gasteiger partial charge in [-0.2, -0.15) is 0 Å². The van der Waals surface area contributed by atoms with Crippen molar-refractivity contribution in [2.75, 3.05) is 25.1 Å². The first-order valence-corrected chi connectivity index (χ1v) is 11.2. The number of carbonyl (C=O) groups excluding carboxylic acids is 1. The average Bonchev–Trinajstić information content (AvgIpc) is 2.69. The fourth-order valence-electron chi connectivity index (χ4n) is 3.09. The first-order valence-electron chi connectivity index (χ1n) is 9.23. The van der Waals surface area contributed by atoms with Crippen molar-refractivity contribution in [3.63, 3.8) is 0 Å². The van der Waals surface area contributed by atoms with Gasteiger partial charge in [0.15, 0.2) is 0 Å². The largest absolute Gasteiger partial charge is 0.492 e. The van der Waals surface area contributed by atoms with Crippen molar-refractivity contribution < 1.29 is 22.7 Å². The normalized spacial score (nSPS) is 17.0. The summed E-state index contributed by atoms with van der Waals surface area (Å²) < 4.78 is 35.2. The SMILES string of the molecule is NS(=O)(=O)c1cc(NC(=O)Cc2ccccc2Cl)ccc1OCC1CCCOC1. The van der Waals surface area contributed by atoms with Gasteiger partial charge in [-0.3, -0.25) is 4.79 Å². The van der Waals surface area contributed by atoms with Gasteiger partial charge in [0.05, 0.1) is 19.6 Å². The van der Waals surface area contributed by atoms with Crippen molar-refractivity contribution in [1.82, 2.24) is 0 Å². The number of nitrogens with one attached hydrogen (secondary N) is 1. The molecule has 2 aromatic rings. The number of benzene rings is 2. The summed E-state index contributed by atoms with van der Waals surface area (Å²) in [5, 5.41) is 8.51. The van der Waals surface area contributed by atoms with Crippen LogP contribution in [0.5, 0.6) is 5.75 Å². The molecule has 0 radical (unpaired) electrons. The number of nitrogens with two attached hydrogens (primary N) is 1. The van der Waals surface area contributed by atoms with Crippen LogP contribution in [0.25, 0.3) is 0 Å². The number of halogens is 1. The third-order valence-electron chi connectivity index (χ3n) is 4.57. The molecular formula is C20H23ClN2O5S. The summed E-state index contributed by atoms with van der Waals surface area (Å²) in [6, 6.07) is 11.4. The number of hydrogen-bond acceptors (Lipinski definition) is 5. The molecule has 1 unspecified atom stereocenters. The lowest BCUT2D eigenvalue weighted by Crippen LogP contribution is -2.24. The van der Waals surface area contributed by atoms with Crippen LogP contribution in [0.15, 0.2) is 47.4 Å². The Morgan fingerprint density at radius 1 is 1.28 bits per heavy atom. The van der Waals surface area contributed by atoms with Gasteiger partial charge in [-0.05, 0) is 42.7 Å². The second-order valence-electron chi connectivity index (χ2n) is 6.92. The Bertz CT molecular complexity index is 975. The molecule has 1 heterocycles. The monoisotopic (exact) mass is 438 g/mol. The van der Waals surface area contributed by atoms with Gasteiger partial charge in [0.1, 0.15) is 10.6 Å². The van der Waals surface area contributed by atoms with Gasteiger partial charge >= 0.3 is 0 Å². The highest BCUT2D eigenvalue weighted by Crippen LogP contribution is 2.28. The molecule has 1 aliphatic heterocycles. The summed E-state index contributed by atoms with van der Waals surface area (Å²) in [6.07, 6.45) is 1.97. The summed E-state index contributed by atoms with van der Waals surface area (Å²) in [4.78, 5) is 12.1. The summed E-state index contributed by atoms with van der Waals surface area (Å²) >= 11 is 6.07. The first-order chi connectivity index (χ1) is 13.8. The molecule has 1 aliphatic rings. The third-order valence-corrected chi connectivity index (χ3v) is 5.87. The molecule has 7 nitrogen and oxygen atoms in total. The van der Waals surface area contributed by atoms with Crippen molar-refractivity contribution in [3.8, 4) is 5.75 Å². The molecule has 1 fully saturated rings. The van der Waals surface area contributed by atoms with Gasteiger partial charge in [-0.15, -0.1) is 0 Å². The fraction of sp³-hybridized carbons (Fsp3) is 0.350. The predicted octanol–water partition coefficient (Wildman–Crippen LogP) is 2.97. The Morgan fingerprint density at radius 2 is 2.07 bits per heavy atom. The van der Waals surface area contributed by atoms with Crippen molar-refractivity contribution in [3.05, 3.63) is 53.1 Å². The van der Waals surface area contributed by atoms with E-state index in [2.05, 4.69) is 5.32 Å². The molecule has 9 heteroatoms. The number of hydrogen-bond donors (Lipinski definition) is 2. The Labute approximate surface area is 175 Å². The summed E-state index contributed by atoms with van der Waals surface area (Å²) in [6.45, 7) is 1.66. The second-order valence-corrected chi connectivity index (χ2v) is 8.85. The summed E-state index contributed by atoms with van der Waals surface area (Å²) in [7, 11) is -4.04. The number of amides is 1. The number of ether oxygens (including phenoxy) is 2. The Balaban J connectivity index is 1.71. The van der Waals surface area contributed by atoms with Crippen LogP contribution in [0.4, 0.5) is 5.69 Å². The molecule has 2 aromatic carbocycles. The smallest absolute Gasteiger partial charge is 0.241 e. The first kappa shape index (κ1) is 21.6. The van der Waals surface area contributed by atoms with E-state index in [0.29, 0.717) is 29.5 Å². The molecule has 0 aliphatic carbocycles. The van der Waals surface area contributed by atoms with Gasteiger partial charge in [0.25, 0.3) is 0 Å². The number of anilines is 1. The highest BCUT2D eigenvalue weighted by atomic mass is 35.5. The average molecular weight is 439 g/mol. The maximum absolute atomic E-state index is 12.3. The zero-order chi connectivity index (χ0) is 20.9. The van der Waals surface area contributed by atoms with E-state index < -0.39 is 10.0 Å². The van der Waals surface area contributed by atoms with Crippen LogP contribution in [0.3, 0.4) is 0 Å². The minimum atomic E-state index is -4.04. The van der Waals surface area contributed by atoms with Crippen molar-refractivity contribution >= 4 is 33.2 Å². The highest BCUT2D eigenvalue weighted by molar-refractivity contribution is 7.89. The van der Waals surface area contributed by atoms with E-state index >= 15 is 0 Å². The fourth-order valence-corrected chi connectivity index (χ4v) is 3.99. The Hall–Kier alpha value is -2.13. The van der Waals surface area contributed by atoms with Gasteiger partial charge in [0.2, 0.25) is 15.9 Å². The Morgan fingerprint density at radius 3 is 2.76 bits per heavy atom. The minimum absolute atomic E-state index is 0.0598. The van der Waals surface area contributed by atoms with E-state index in [9.17, 15) is 13.2 Å². The molecule has 29 heavy (non-hydrogen) atoms. The molecule has 3 rings (SSSR count). The number of sulfonamides is 1. The van der Waals surface area contributed by atoms with Crippen LogP contribution < -0.4 is 15.2 Å². The zero-order valence-corrected chi connectivity index (χ0v) is 17.3. The van der Waals surface area contributed by atoms with Crippen molar-refractivity contribution in [2.24, 2.45) is 11.1 Å². The third kappa shape index (κ3) is 6.17. The van der Waals surface area contributed by atoms with Crippen LogP contribution in [0.1, 0.15) is 18.4 Å².